The molecule has 0 saturated heterocycles. The van der Waals surface area contributed by atoms with Crippen molar-refractivity contribution < 1.29 is 4.79 Å². The molecule has 0 fully saturated rings. The summed E-state index contributed by atoms with van der Waals surface area (Å²) in [7, 11) is 0. The largest absolute Gasteiger partial charge is 0.357 e. The van der Waals surface area contributed by atoms with Crippen LogP contribution >= 0.6 is 0 Å². The molecule has 0 spiro atoms. The third-order valence-electron chi connectivity index (χ3n) is 4.77. The van der Waals surface area contributed by atoms with Crippen molar-refractivity contribution in [3.8, 4) is 0 Å². The molecule has 0 bridgehead atoms. The highest BCUT2D eigenvalue weighted by Gasteiger charge is 2.16. The van der Waals surface area contributed by atoms with Gasteiger partial charge >= 0.3 is 0 Å². The fourth-order valence-corrected chi connectivity index (χ4v) is 3.21. The Morgan fingerprint density at radius 3 is 2.69 bits per heavy atom. The minimum Gasteiger partial charge on any atom is -0.357 e. The highest BCUT2D eigenvalue weighted by molar-refractivity contribution is 5.90. The normalized spacial score (nSPS) is 14.3. The first-order valence-corrected chi connectivity index (χ1v) is 10.2. The van der Waals surface area contributed by atoms with E-state index in [4.69, 9.17) is 0 Å². The number of aromatic nitrogens is 1. The van der Waals surface area contributed by atoms with E-state index in [2.05, 4.69) is 62.8 Å². The SMILES string of the molecule is CCNC(=NCCC(=O)Nc1ccc(C)cn1)N1CC=C(c2ccccc2)CC1. The number of nitrogens with one attached hydrogen (secondary N) is 2. The maximum atomic E-state index is 12.1. The maximum absolute atomic E-state index is 12.1. The van der Waals surface area contributed by atoms with Crippen molar-refractivity contribution in [3.63, 3.8) is 0 Å². The van der Waals surface area contributed by atoms with Gasteiger partial charge in [0.2, 0.25) is 5.91 Å². The van der Waals surface area contributed by atoms with Crippen LogP contribution in [0.1, 0.15) is 30.9 Å². The van der Waals surface area contributed by atoms with Gasteiger partial charge in [-0.1, -0.05) is 42.5 Å². The van der Waals surface area contributed by atoms with E-state index < -0.39 is 0 Å². The highest BCUT2D eigenvalue weighted by atomic mass is 16.1. The van der Waals surface area contributed by atoms with Crippen molar-refractivity contribution in [2.75, 3.05) is 31.5 Å². The molecule has 0 aliphatic carbocycles. The van der Waals surface area contributed by atoms with Crippen molar-refractivity contribution >= 4 is 23.3 Å². The Bertz CT molecular complexity index is 859. The topological polar surface area (TPSA) is 69.6 Å². The molecule has 2 aromatic rings. The minimum absolute atomic E-state index is 0.0779. The van der Waals surface area contributed by atoms with E-state index >= 15 is 0 Å². The monoisotopic (exact) mass is 391 g/mol. The highest BCUT2D eigenvalue weighted by Crippen LogP contribution is 2.22. The van der Waals surface area contributed by atoms with Crippen LogP contribution in [0.3, 0.4) is 0 Å². The zero-order valence-electron chi connectivity index (χ0n) is 17.2. The number of carbonyl (C=O) groups excluding carboxylic acids is 1. The Morgan fingerprint density at radius 1 is 1.21 bits per heavy atom. The Hall–Kier alpha value is -3.15. The number of hydrogen-bond donors (Lipinski definition) is 2. The van der Waals surface area contributed by atoms with Gasteiger partial charge in [-0.3, -0.25) is 9.79 Å². The van der Waals surface area contributed by atoms with Gasteiger partial charge in [0, 0.05) is 32.3 Å². The van der Waals surface area contributed by atoms with E-state index in [1.807, 2.05) is 25.1 Å². The number of benzene rings is 1. The summed E-state index contributed by atoms with van der Waals surface area (Å²) < 4.78 is 0. The summed E-state index contributed by atoms with van der Waals surface area (Å²) >= 11 is 0. The molecule has 2 N–H and O–H groups in total. The van der Waals surface area contributed by atoms with Gasteiger partial charge in [-0.2, -0.15) is 0 Å². The maximum Gasteiger partial charge on any atom is 0.227 e. The first kappa shape index (κ1) is 20.6. The van der Waals surface area contributed by atoms with Gasteiger partial charge in [0.15, 0.2) is 5.96 Å². The number of nitrogens with zero attached hydrogens (tertiary/aromatic N) is 3. The molecule has 6 heteroatoms. The summed E-state index contributed by atoms with van der Waals surface area (Å²) in [5.41, 5.74) is 3.73. The summed E-state index contributed by atoms with van der Waals surface area (Å²) in [5.74, 6) is 1.36. The summed E-state index contributed by atoms with van der Waals surface area (Å²) in [6.45, 7) is 6.98. The third-order valence-corrected chi connectivity index (χ3v) is 4.77. The van der Waals surface area contributed by atoms with Gasteiger partial charge in [0.25, 0.3) is 0 Å². The fraction of sp³-hybridized carbons (Fsp3) is 0.348. The zero-order chi connectivity index (χ0) is 20.5. The number of pyridine rings is 1. The molecular weight excluding hydrogens is 362 g/mol. The van der Waals surface area contributed by atoms with Crippen LogP contribution in [0.4, 0.5) is 5.82 Å². The number of anilines is 1. The van der Waals surface area contributed by atoms with Crippen LogP contribution in [0.5, 0.6) is 0 Å². The van der Waals surface area contributed by atoms with Gasteiger partial charge in [0.05, 0.1) is 6.54 Å². The molecule has 0 unspecified atom stereocenters. The van der Waals surface area contributed by atoms with E-state index in [1.165, 1.54) is 11.1 Å². The van der Waals surface area contributed by atoms with Crippen LogP contribution < -0.4 is 10.6 Å². The quantitative estimate of drug-likeness (QED) is 0.584. The molecule has 0 radical (unpaired) electrons. The van der Waals surface area contributed by atoms with Gasteiger partial charge < -0.3 is 15.5 Å². The van der Waals surface area contributed by atoms with Crippen molar-refractivity contribution in [2.45, 2.75) is 26.7 Å². The van der Waals surface area contributed by atoms with Crippen molar-refractivity contribution in [3.05, 3.63) is 65.9 Å². The van der Waals surface area contributed by atoms with Gasteiger partial charge in [0.1, 0.15) is 5.82 Å². The molecule has 1 aliphatic heterocycles. The fourth-order valence-electron chi connectivity index (χ4n) is 3.21. The lowest BCUT2D eigenvalue weighted by atomic mass is 10.00. The minimum atomic E-state index is -0.0779. The predicted molar refractivity (Wildman–Crippen MR) is 119 cm³/mol. The molecule has 29 heavy (non-hydrogen) atoms. The second-order valence-electron chi connectivity index (χ2n) is 7.05. The van der Waals surface area contributed by atoms with E-state index in [0.29, 0.717) is 18.8 Å². The number of hydrogen-bond acceptors (Lipinski definition) is 3. The Morgan fingerprint density at radius 2 is 2.03 bits per heavy atom. The van der Waals surface area contributed by atoms with Crippen LogP contribution in [-0.4, -0.2) is 47.9 Å². The summed E-state index contributed by atoms with van der Waals surface area (Å²) in [6.07, 6.45) is 5.31. The van der Waals surface area contributed by atoms with Gasteiger partial charge in [-0.25, -0.2) is 4.98 Å². The first-order valence-electron chi connectivity index (χ1n) is 10.2. The summed E-state index contributed by atoms with van der Waals surface area (Å²) in [5, 5.41) is 6.15. The molecule has 1 amide bonds. The van der Waals surface area contributed by atoms with Crippen LogP contribution in [-0.2, 0) is 4.79 Å². The van der Waals surface area contributed by atoms with Gasteiger partial charge in [-0.15, -0.1) is 0 Å². The number of aryl methyl sites for hydroxylation is 1. The first-order chi connectivity index (χ1) is 14.2. The van der Waals surface area contributed by atoms with Crippen molar-refractivity contribution in [1.29, 1.82) is 0 Å². The molecule has 3 rings (SSSR count). The third kappa shape index (κ3) is 6.17. The molecule has 1 aromatic heterocycles. The number of amides is 1. The van der Waals surface area contributed by atoms with E-state index in [9.17, 15) is 4.79 Å². The molecule has 2 heterocycles. The smallest absolute Gasteiger partial charge is 0.227 e. The second kappa shape index (κ2) is 10.4. The molecule has 6 nitrogen and oxygen atoms in total. The Balaban J connectivity index is 1.54. The van der Waals surface area contributed by atoms with E-state index in [1.54, 1.807) is 6.20 Å². The molecular formula is C23H29N5O. The molecule has 0 atom stereocenters. The lowest BCUT2D eigenvalue weighted by Crippen LogP contribution is -2.43. The number of rotatable bonds is 6. The summed E-state index contributed by atoms with van der Waals surface area (Å²) in [6, 6.07) is 14.2. The van der Waals surface area contributed by atoms with Crippen LogP contribution in [0.15, 0.2) is 59.7 Å². The molecule has 1 aromatic carbocycles. The van der Waals surface area contributed by atoms with E-state index in [0.717, 1.165) is 37.6 Å². The standard InChI is InChI=1S/C23H29N5O/c1-3-24-23(25-14-11-22(29)27-21-10-9-18(2)17-26-21)28-15-12-20(13-16-28)19-7-5-4-6-8-19/h4-10,12,17H,3,11,13-16H2,1-2H3,(H,24,25)(H,26,27,29). The number of guanidine groups is 1. The predicted octanol–water partition coefficient (Wildman–Crippen LogP) is 3.47. The number of carbonyl (C=O) groups is 1. The van der Waals surface area contributed by atoms with Crippen LogP contribution in [0.25, 0.3) is 5.57 Å². The van der Waals surface area contributed by atoms with Gasteiger partial charge in [-0.05, 0) is 43.0 Å². The Labute approximate surface area is 172 Å². The van der Waals surface area contributed by atoms with Crippen molar-refractivity contribution in [2.24, 2.45) is 4.99 Å². The molecule has 0 saturated carbocycles. The summed E-state index contributed by atoms with van der Waals surface area (Å²) in [4.78, 5) is 23.2. The molecule has 152 valence electrons. The second-order valence-corrected chi connectivity index (χ2v) is 7.05. The molecule has 1 aliphatic rings. The van der Waals surface area contributed by atoms with E-state index in [-0.39, 0.29) is 5.91 Å². The average molecular weight is 392 g/mol. The van der Waals surface area contributed by atoms with Crippen LogP contribution in [0, 0.1) is 6.92 Å². The number of aliphatic imine (C=N–C) groups is 1. The van der Waals surface area contributed by atoms with Crippen LogP contribution in [0.2, 0.25) is 0 Å². The zero-order valence-corrected chi connectivity index (χ0v) is 17.2. The Kier molecular flexibility index (Phi) is 7.39. The lowest BCUT2D eigenvalue weighted by Gasteiger charge is -2.29. The lowest BCUT2D eigenvalue weighted by molar-refractivity contribution is -0.116. The average Bonchev–Trinajstić information content (AvgIpc) is 2.75. The van der Waals surface area contributed by atoms with Crippen molar-refractivity contribution in [1.82, 2.24) is 15.2 Å².